The van der Waals surface area contributed by atoms with Crippen molar-refractivity contribution >= 4 is 5.97 Å². The van der Waals surface area contributed by atoms with Crippen molar-refractivity contribution in [3.8, 4) is 11.1 Å². The van der Waals surface area contributed by atoms with Crippen LogP contribution in [0.15, 0.2) is 24.5 Å². The number of hydrogen-bond acceptors (Lipinski definition) is 3. The molecule has 80 valence electrons. The second-order valence-corrected chi connectivity index (χ2v) is 3.30. The molecule has 0 amide bonds. The van der Waals surface area contributed by atoms with Crippen molar-refractivity contribution in [3.05, 3.63) is 42.2 Å². The molecule has 0 N–H and O–H groups in total. The van der Waals surface area contributed by atoms with Gasteiger partial charge in [-0.05, 0) is 12.1 Å². The van der Waals surface area contributed by atoms with E-state index in [4.69, 9.17) is 0 Å². The van der Waals surface area contributed by atoms with Crippen LogP contribution >= 0.6 is 0 Å². The molecule has 1 aromatic carbocycles. The molecule has 0 aliphatic rings. The highest BCUT2D eigenvalue weighted by molar-refractivity contribution is 5.88. The number of nitrogens with zero attached hydrogens (tertiary/aromatic N) is 2. The molecule has 16 heavy (non-hydrogen) atoms. The minimum absolute atomic E-state index is 0.371. The number of aryl methyl sites for hydroxylation is 1. The van der Waals surface area contributed by atoms with Gasteiger partial charge >= 0.3 is 5.97 Å². The highest BCUT2D eigenvalue weighted by atomic mass is 16.5. The molecule has 0 aliphatic carbocycles. The van der Waals surface area contributed by atoms with Gasteiger partial charge in [-0.2, -0.15) is 5.10 Å². The second-order valence-electron chi connectivity index (χ2n) is 3.30. The van der Waals surface area contributed by atoms with Gasteiger partial charge in [0.15, 0.2) is 0 Å². The largest absolute Gasteiger partial charge is 0.465 e. The molecule has 1 heterocycles. The smallest absolute Gasteiger partial charge is 0.346 e. The Bertz CT molecular complexity index is 500. The third-order valence-corrected chi connectivity index (χ3v) is 2.17. The van der Waals surface area contributed by atoms with Crippen molar-refractivity contribution in [3.63, 3.8) is 0 Å². The van der Waals surface area contributed by atoms with Gasteiger partial charge in [0.1, 0.15) is 5.56 Å². The lowest BCUT2D eigenvalue weighted by Crippen LogP contribution is -1.99. The van der Waals surface area contributed by atoms with Crippen molar-refractivity contribution in [2.45, 2.75) is 0 Å². The minimum Gasteiger partial charge on any atom is -0.465 e. The van der Waals surface area contributed by atoms with E-state index in [1.54, 1.807) is 23.0 Å². The molecule has 0 fully saturated rings. The lowest BCUT2D eigenvalue weighted by atomic mass is 10.1. The predicted molar refractivity (Wildman–Crippen MR) is 57.7 cm³/mol. The molecule has 0 atom stereocenters. The Hall–Kier alpha value is -2.28. The third kappa shape index (κ3) is 1.89. The summed E-state index contributed by atoms with van der Waals surface area (Å²) < 4.78 is 6.29. The van der Waals surface area contributed by atoms with E-state index in [0.717, 1.165) is 11.1 Å². The van der Waals surface area contributed by atoms with E-state index in [2.05, 4.69) is 22.0 Å². The first kappa shape index (κ1) is 10.2. The normalized spacial score (nSPS) is 9.62. The molecular formula is C12H10N2O2. The highest BCUT2D eigenvalue weighted by Crippen LogP contribution is 2.15. The first-order chi connectivity index (χ1) is 7.70. The maximum Gasteiger partial charge on any atom is 0.346 e. The number of ether oxygens (including phenoxy) is 1. The number of aromatic nitrogens is 2. The number of carbonyl (C=O) groups is 1. The number of methoxy groups -OCH3 is 1. The van der Waals surface area contributed by atoms with E-state index >= 15 is 0 Å². The summed E-state index contributed by atoms with van der Waals surface area (Å²) in [7, 11) is 3.18. The van der Waals surface area contributed by atoms with E-state index in [9.17, 15) is 4.79 Å². The summed E-state index contributed by atoms with van der Waals surface area (Å²) in [5.41, 5.74) is 2.16. The molecule has 0 unspecified atom stereocenters. The summed E-state index contributed by atoms with van der Waals surface area (Å²) in [5.74, 6) is -0.408. The Labute approximate surface area is 93.5 Å². The van der Waals surface area contributed by atoms with Gasteiger partial charge in [-0.1, -0.05) is 12.1 Å². The van der Waals surface area contributed by atoms with E-state index in [-0.39, 0.29) is 0 Å². The molecule has 2 aromatic rings. The standard InChI is InChI=1S/C12H10N2O2/c1-14-8-11(7-13-14)9-3-5-10(6-4-9)12(15)16-2/h3,5,7-8H,1-2H3. The van der Waals surface area contributed by atoms with Gasteiger partial charge < -0.3 is 4.74 Å². The lowest BCUT2D eigenvalue weighted by molar-refractivity contribution is 0.0601. The molecule has 1 aromatic heterocycles. The molecule has 4 nitrogen and oxygen atoms in total. The van der Waals surface area contributed by atoms with E-state index in [1.807, 2.05) is 13.2 Å². The fourth-order valence-electron chi connectivity index (χ4n) is 1.34. The van der Waals surface area contributed by atoms with E-state index < -0.39 is 5.97 Å². The first-order valence-corrected chi connectivity index (χ1v) is 4.72. The van der Waals surface area contributed by atoms with Crippen LogP contribution in [0.2, 0.25) is 0 Å². The Kier molecular flexibility index (Phi) is 2.61. The van der Waals surface area contributed by atoms with Crippen LogP contribution in [-0.4, -0.2) is 22.9 Å². The zero-order valence-electron chi connectivity index (χ0n) is 9.02. The highest BCUT2D eigenvalue weighted by Gasteiger charge is 2.05. The molecule has 0 radical (unpaired) electrons. The average Bonchev–Trinajstić information content (AvgIpc) is 2.75. The van der Waals surface area contributed by atoms with Crippen molar-refractivity contribution < 1.29 is 9.53 Å². The van der Waals surface area contributed by atoms with Gasteiger partial charge in [0.25, 0.3) is 0 Å². The predicted octanol–water partition coefficient (Wildman–Crippen LogP) is 1.47. The Morgan fingerprint density at radius 1 is 1.44 bits per heavy atom. The van der Waals surface area contributed by atoms with Gasteiger partial charge in [0, 0.05) is 24.4 Å². The van der Waals surface area contributed by atoms with Crippen LogP contribution in [0, 0.1) is 12.1 Å². The van der Waals surface area contributed by atoms with Gasteiger partial charge in [-0.15, -0.1) is 0 Å². The molecule has 0 aliphatic heterocycles. The molecule has 0 spiro atoms. The summed E-state index contributed by atoms with van der Waals surface area (Å²) in [6, 6.07) is 9.11. The van der Waals surface area contributed by atoms with Crippen LogP contribution in [0.5, 0.6) is 0 Å². The Morgan fingerprint density at radius 2 is 2.25 bits per heavy atom. The molecule has 0 saturated heterocycles. The monoisotopic (exact) mass is 214 g/mol. The molecule has 2 rings (SSSR count). The maximum absolute atomic E-state index is 11.2. The zero-order valence-corrected chi connectivity index (χ0v) is 9.02. The molecular weight excluding hydrogens is 204 g/mol. The Morgan fingerprint density at radius 3 is 2.75 bits per heavy atom. The Balaban J connectivity index is 2.29. The van der Waals surface area contributed by atoms with Crippen LogP contribution in [0.4, 0.5) is 0 Å². The SMILES string of the molecule is COC(=O)c1c#cc(-c2cnn(C)c2)cc1. The topological polar surface area (TPSA) is 44.1 Å². The molecule has 4 heteroatoms. The molecule has 0 saturated carbocycles. The number of carbonyl (C=O) groups excluding carboxylic acids is 1. The van der Waals surface area contributed by atoms with Gasteiger partial charge in [-0.3, -0.25) is 4.68 Å². The van der Waals surface area contributed by atoms with Crippen molar-refractivity contribution in [1.82, 2.24) is 9.78 Å². The maximum atomic E-state index is 11.2. The van der Waals surface area contributed by atoms with Gasteiger partial charge in [0.05, 0.1) is 13.3 Å². The second kappa shape index (κ2) is 4.07. The van der Waals surface area contributed by atoms with Gasteiger partial charge in [0.2, 0.25) is 0 Å². The lowest BCUT2D eigenvalue weighted by Gasteiger charge is -1.96. The van der Waals surface area contributed by atoms with Crippen molar-refractivity contribution in [2.75, 3.05) is 7.11 Å². The summed E-state index contributed by atoms with van der Waals surface area (Å²) in [4.78, 5) is 11.2. The van der Waals surface area contributed by atoms with E-state index in [1.165, 1.54) is 7.11 Å². The summed E-state index contributed by atoms with van der Waals surface area (Å²) in [6.45, 7) is 0. The minimum atomic E-state index is -0.408. The zero-order chi connectivity index (χ0) is 11.5. The van der Waals surface area contributed by atoms with Crippen molar-refractivity contribution in [1.29, 1.82) is 0 Å². The fourth-order valence-corrected chi connectivity index (χ4v) is 1.34. The first-order valence-electron chi connectivity index (χ1n) is 4.72. The summed E-state index contributed by atoms with van der Waals surface area (Å²) in [6.07, 6.45) is 3.61. The van der Waals surface area contributed by atoms with Crippen LogP contribution in [-0.2, 0) is 11.8 Å². The quantitative estimate of drug-likeness (QED) is 0.711. The van der Waals surface area contributed by atoms with Crippen LogP contribution in [0.3, 0.4) is 0 Å². The van der Waals surface area contributed by atoms with Crippen molar-refractivity contribution in [2.24, 2.45) is 7.05 Å². The van der Waals surface area contributed by atoms with Crippen LogP contribution in [0.25, 0.3) is 11.1 Å². The van der Waals surface area contributed by atoms with Crippen LogP contribution in [0.1, 0.15) is 10.4 Å². The fraction of sp³-hybridized carbons (Fsp3) is 0.167. The van der Waals surface area contributed by atoms with Crippen LogP contribution < -0.4 is 0 Å². The average molecular weight is 214 g/mol. The number of hydrogen-bond donors (Lipinski definition) is 0. The third-order valence-electron chi connectivity index (χ3n) is 2.17. The summed E-state index contributed by atoms with van der Waals surface area (Å²) >= 11 is 0. The summed E-state index contributed by atoms with van der Waals surface area (Å²) in [5, 5.41) is 4.06. The molecule has 0 bridgehead atoms. The number of esters is 1. The van der Waals surface area contributed by atoms with Gasteiger partial charge in [-0.25, -0.2) is 4.79 Å². The number of rotatable bonds is 2. The van der Waals surface area contributed by atoms with E-state index in [0.29, 0.717) is 5.56 Å².